The van der Waals surface area contributed by atoms with Crippen LogP contribution in [0.4, 0.5) is 10.1 Å². The number of Topliss-reactive ketones (excluding diaryl/α,β-unsaturated/α-hetero) is 2. The molecule has 42 heavy (non-hydrogen) atoms. The summed E-state index contributed by atoms with van der Waals surface area (Å²) in [4.78, 5) is 45.7. The van der Waals surface area contributed by atoms with Crippen molar-refractivity contribution >= 4 is 29.2 Å². The molecule has 7 nitrogen and oxygen atoms in total. The van der Waals surface area contributed by atoms with Crippen LogP contribution in [0, 0.1) is 11.7 Å². The number of nitrogens with zero attached hydrogens (tertiary/aromatic N) is 1. The van der Waals surface area contributed by atoms with Crippen LogP contribution in [0.3, 0.4) is 0 Å². The lowest BCUT2D eigenvalue weighted by molar-refractivity contribution is -0.122. The van der Waals surface area contributed by atoms with Gasteiger partial charge in [0.15, 0.2) is 23.1 Å². The number of rotatable bonds is 4. The Morgan fingerprint density at radius 2 is 1.60 bits per heavy atom. The number of para-hydroxylation sites is 1. The Hall–Kier alpha value is -5.24. The maximum atomic E-state index is 14.9. The van der Waals surface area contributed by atoms with E-state index in [4.69, 9.17) is 9.47 Å². The fraction of sp³-hybridized carbons (Fsp3) is 0.147. The van der Waals surface area contributed by atoms with Crippen molar-refractivity contribution in [3.63, 3.8) is 0 Å². The summed E-state index contributed by atoms with van der Waals surface area (Å²) in [6.07, 6.45) is 3.71. The second-order valence-electron chi connectivity index (χ2n) is 10.9. The summed E-state index contributed by atoms with van der Waals surface area (Å²) in [5.74, 6) is -1.77. The van der Waals surface area contributed by atoms with Crippen LogP contribution in [0.25, 0.3) is 6.08 Å². The van der Waals surface area contributed by atoms with Gasteiger partial charge < -0.3 is 19.7 Å². The van der Waals surface area contributed by atoms with Crippen LogP contribution >= 0.6 is 0 Å². The van der Waals surface area contributed by atoms with Crippen molar-refractivity contribution in [2.45, 2.75) is 17.5 Å². The lowest BCUT2D eigenvalue weighted by Gasteiger charge is -2.38. The van der Waals surface area contributed by atoms with Gasteiger partial charge in [-0.25, -0.2) is 4.39 Å². The Bertz CT molecular complexity index is 1850. The molecule has 0 aromatic heterocycles. The molecule has 8 heteroatoms. The molecule has 0 radical (unpaired) electrons. The molecule has 0 unspecified atom stereocenters. The van der Waals surface area contributed by atoms with Gasteiger partial charge in [0.05, 0.1) is 12.0 Å². The number of hydrogen-bond donors (Lipinski definition) is 1. The molecule has 1 fully saturated rings. The average molecular weight is 559 g/mol. The van der Waals surface area contributed by atoms with Crippen LogP contribution in [-0.2, 0) is 10.2 Å². The molecule has 4 aliphatic heterocycles. The Labute approximate surface area is 240 Å². The van der Waals surface area contributed by atoms with Gasteiger partial charge in [-0.15, -0.1) is 0 Å². The number of ether oxygens (including phenoxy) is 2. The standard InChI is InChI=1S/C34H23FN2O5/c35-22-12-9-20(10-13-22)31(39)29-28(30(38)21-11-14-26-27(17-21)42-18-41-26)34(24-7-3-4-8-25(24)36-33(34)40)32-23-6-2-1-5-19(23)15-16-37(29)32/h1-17,28-29,32H,18H2,(H,36,40)/t28-,29-,32+,34+/m1/s1. The third-order valence-corrected chi connectivity index (χ3v) is 8.91. The number of fused-ring (bicyclic) bond motifs is 7. The molecule has 1 spiro atoms. The highest BCUT2D eigenvalue weighted by molar-refractivity contribution is 6.16. The first-order valence-corrected chi connectivity index (χ1v) is 13.7. The molecule has 0 aliphatic carbocycles. The molecule has 1 amide bonds. The Balaban J connectivity index is 1.41. The first-order chi connectivity index (χ1) is 20.5. The minimum atomic E-state index is -1.45. The lowest BCUT2D eigenvalue weighted by Crippen LogP contribution is -2.49. The van der Waals surface area contributed by atoms with Gasteiger partial charge in [0, 0.05) is 23.0 Å². The fourth-order valence-corrected chi connectivity index (χ4v) is 7.18. The second kappa shape index (κ2) is 8.88. The number of carbonyl (C=O) groups is 3. The first-order valence-electron chi connectivity index (χ1n) is 13.7. The number of anilines is 1. The minimum Gasteiger partial charge on any atom is -0.454 e. The van der Waals surface area contributed by atoms with Crippen LogP contribution in [0.1, 0.15) is 43.4 Å². The molecule has 1 N–H and O–H groups in total. The zero-order chi connectivity index (χ0) is 28.6. The predicted octanol–water partition coefficient (Wildman–Crippen LogP) is 5.54. The highest BCUT2D eigenvalue weighted by atomic mass is 19.1. The Morgan fingerprint density at radius 1 is 0.857 bits per heavy atom. The maximum Gasteiger partial charge on any atom is 0.238 e. The number of hydrogen-bond acceptors (Lipinski definition) is 6. The first kappa shape index (κ1) is 24.5. The zero-order valence-electron chi connectivity index (χ0n) is 22.1. The normalized spacial score (nSPS) is 24.3. The number of carbonyl (C=O) groups excluding carboxylic acids is 3. The summed E-state index contributed by atoms with van der Waals surface area (Å²) in [6.45, 7) is 0.0409. The largest absolute Gasteiger partial charge is 0.454 e. The van der Waals surface area contributed by atoms with Gasteiger partial charge in [-0.05, 0) is 71.3 Å². The predicted molar refractivity (Wildman–Crippen MR) is 152 cm³/mol. The lowest BCUT2D eigenvalue weighted by atomic mass is 9.62. The number of ketones is 2. The van der Waals surface area contributed by atoms with Gasteiger partial charge in [-0.2, -0.15) is 0 Å². The van der Waals surface area contributed by atoms with E-state index < -0.39 is 29.2 Å². The molecule has 4 aliphatic rings. The quantitative estimate of drug-likeness (QED) is 0.332. The molecule has 4 heterocycles. The number of halogens is 1. The Kier molecular flexibility index (Phi) is 5.19. The summed E-state index contributed by atoms with van der Waals surface area (Å²) in [7, 11) is 0. The molecule has 4 atom stereocenters. The molecular weight excluding hydrogens is 535 g/mol. The van der Waals surface area contributed by atoms with Gasteiger partial charge in [-0.1, -0.05) is 42.5 Å². The van der Waals surface area contributed by atoms with Crippen LogP contribution in [0.5, 0.6) is 11.5 Å². The number of amides is 1. The van der Waals surface area contributed by atoms with Crippen LogP contribution in [-0.4, -0.2) is 35.2 Å². The van der Waals surface area contributed by atoms with Crippen molar-refractivity contribution in [2.24, 2.45) is 5.92 Å². The van der Waals surface area contributed by atoms with Crippen molar-refractivity contribution in [3.8, 4) is 11.5 Å². The van der Waals surface area contributed by atoms with Crippen LogP contribution in [0.2, 0.25) is 0 Å². The number of nitrogens with one attached hydrogen (secondary N) is 1. The average Bonchev–Trinajstić information content (AvgIpc) is 3.70. The van der Waals surface area contributed by atoms with Crippen molar-refractivity contribution in [2.75, 3.05) is 12.1 Å². The second-order valence-corrected chi connectivity index (χ2v) is 10.9. The van der Waals surface area contributed by atoms with Gasteiger partial charge in [0.1, 0.15) is 17.3 Å². The molecule has 0 bridgehead atoms. The van der Waals surface area contributed by atoms with E-state index in [1.165, 1.54) is 24.3 Å². The third-order valence-electron chi connectivity index (χ3n) is 8.91. The maximum absolute atomic E-state index is 14.9. The van der Waals surface area contributed by atoms with E-state index in [0.717, 1.165) is 11.1 Å². The topological polar surface area (TPSA) is 84.9 Å². The molecule has 1 saturated heterocycles. The van der Waals surface area contributed by atoms with E-state index in [2.05, 4.69) is 5.32 Å². The summed E-state index contributed by atoms with van der Waals surface area (Å²) in [5, 5.41) is 3.03. The fourth-order valence-electron chi connectivity index (χ4n) is 7.18. The van der Waals surface area contributed by atoms with E-state index in [9.17, 15) is 18.8 Å². The van der Waals surface area contributed by atoms with Gasteiger partial charge in [-0.3, -0.25) is 14.4 Å². The summed E-state index contributed by atoms with van der Waals surface area (Å²) in [6, 6.07) is 23.5. The molecular formula is C34H23FN2O5. The third kappa shape index (κ3) is 3.23. The van der Waals surface area contributed by atoms with Gasteiger partial charge in [0.2, 0.25) is 12.7 Å². The minimum absolute atomic E-state index is 0.0409. The smallest absolute Gasteiger partial charge is 0.238 e. The van der Waals surface area contributed by atoms with E-state index in [-0.39, 0.29) is 29.8 Å². The van der Waals surface area contributed by atoms with Crippen LogP contribution < -0.4 is 14.8 Å². The van der Waals surface area contributed by atoms with E-state index in [1.807, 2.05) is 65.7 Å². The summed E-state index contributed by atoms with van der Waals surface area (Å²) >= 11 is 0. The van der Waals surface area contributed by atoms with Gasteiger partial charge in [0.25, 0.3) is 0 Å². The van der Waals surface area contributed by atoms with Crippen molar-refractivity contribution < 1.29 is 28.2 Å². The van der Waals surface area contributed by atoms with Crippen molar-refractivity contribution in [3.05, 3.63) is 131 Å². The summed E-state index contributed by atoms with van der Waals surface area (Å²) < 4.78 is 24.9. The molecule has 0 saturated carbocycles. The SMILES string of the molecule is O=C(c1ccc(F)cc1)[C@H]1[C@H](C(=O)c2ccc3c(c2)OCO3)[C@]2(C(=O)Nc3ccccc32)[C@@H]2c3ccccc3C=CN21. The van der Waals surface area contributed by atoms with E-state index >= 15 is 0 Å². The summed E-state index contributed by atoms with van der Waals surface area (Å²) in [5.41, 5.74) is 2.10. The molecule has 206 valence electrons. The van der Waals surface area contributed by atoms with E-state index in [0.29, 0.717) is 28.3 Å². The zero-order valence-corrected chi connectivity index (χ0v) is 22.1. The monoisotopic (exact) mass is 558 g/mol. The van der Waals surface area contributed by atoms with E-state index in [1.54, 1.807) is 18.2 Å². The highest BCUT2D eigenvalue weighted by Crippen LogP contribution is 2.62. The molecule has 8 rings (SSSR count). The van der Waals surface area contributed by atoms with Crippen molar-refractivity contribution in [1.29, 1.82) is 0 Å². The van der Waals surface area contributed by atoms with Crippen molar-refractivity contribution in [1.82, 2.24) is 4.90 Å². The van der Waals surface area contributed by atoms with Crippen LogP contribution in [0.15, 0.2) is 97.2 Å². The highest BCUT2D eigenvalue weighted by Gasteiger charge is 2.70. The van der Waals surface area contributed by atoms with Gasteiger partial charge >= 0.3 is 0 Å². The number of benzene rings is 4. The molecule has 4 aromatic carbocycles. The molecule has 4 aromatic rings. The Morgan fingerprint density at radius 3 is 2.45 bits per heavy atom.